The Bertz CT molecular complexity index is 812. The van der Waals surface area contributed by atoms with Crippen LogP contribution in [0.3, 0.4) is 0 Å². The van der Waals surface area contributed by atoms with Crippen molar-refractivity contribution in [3.63, 3.8) is 0 Å². The summed E-state index contributed by atoms with van der Waals surface area (Å²) in [7, 11) is -3.79. The monoisotopic (exact) mass is 396 g/mol. The van der Waals surface area contributed by atoms with Gasteiger partial charge in [-0.25, -0.2) is 12.8 Å². The largest absolute Gasteiger partial charge is 0.351 e. The van der Waals surface area contributed by atoms with E-state index in [1.165, 1.54) is 36.0 Å². The van der Waals surface area contributed by atoms with Crippen LogP contribution in [-0.2, 0) is 21.4 Å². The molecule has 2 aromatic carbocycles. The van der Waals surface area contributed by atoms with Crippen LogP contribution in [0.4, 0.5) is 4.39 Å². The van der Waals surface area contributed by atoms with Gasteiger partial charge in [0.2, 0.25) is 15.9 Å². The first kappa shape index (κ1) is 20.4. The number of nitrogens with one attached hydrogen (secondary N) is 2. The van der Waals surface area contributed by atoms with Crippen molar-refractivity contribution in [2.45, 2.75) is 23.9 Å². The maximum atomic E-state index is 12.9. The molecular formula is C18H21FN2O3S2. The Kier molecular flexibility index (Phi) is 7.62. The number of amides is 1. The summed E-state index contributed by atoms with van der Waals surface area (Å²) >= 11 is 1.53. The Morgan fingerprint density at radius 2 is 1.77 bits per heavy atom. The van der Waals surface area contributed by atoms with Gasteiger partial charge < -0.3 is 5.32 Å². The predicted molar refractivity (Wildman–Crippen MR) is 102 cm³/mol. The molecule has 0 bridgehead atoms. The lowest BCUT2D eigenvalue weighted by Crippen LogP contribution is -2.46. The molecule has 1 amide bonds. The second-order valence-corrected chi connectivity index (χ2v) is 8.31. The highest BCUT2D eigenvalue weighted by Gasteiger charge is 2.25. The quantitative estimate of drug-likeness (QED) is 0.683. The molecule has 8 heteroatoms. The molecule has 0 aliphatic rings. The molecule has 0 saturated carbocycles. The summed E-state index contributed by atoms with van der Waals surface area (Å²) in [6.45, 7) is 0.196. The van der Waals surface area contributed by atoms with Crippen LogP contribution in [0, 0.1) is 5.82 Å². The van der Waals surface area contributed by atoms with Gasteiger partial charge in [-0.15, -0.1) is 0 Å². The van der Waals surface area contributed by atoms with Crippen LogP contribution in [0.25, 0.3) is 0 Å². The second kappa shape index (κ2) is 9.70. The number of hydrogen-bond donors (Lipinski definition) is 2. The van der Waals surface area contributed by atoms with Gasteiger partial charge in [-0.3, -0.25) is 4.79 Å². The minimum absolute atomic E-state index is 0.112. The fraction of sp³-hybridized carbons (Fsp3) is 0.278. The Labute approximate surface area is 157 Å². The Morgan fingerprint density at radius 3 is 2.38 bits per heavy atom. The number of thioether (sulfide) groups is 1. The molecule has 2 rings (SSSR count). The van der Waals surface area contributed by atoms with Crippen molar-refractivity contribution in [2.75, 3.05) is 12.0 Å². The van der Waals surface area contributed by atoms with Crippen LogP contribution in [-0.4, -0.2) is 32.4 Å². The number of hydrogen-bond acceptors (Lipinski definition) is 4. The van der Waals surface area contributed by atoms with Crippen molar-refractivity contribution in [3.05, 3.63) is 66.0 Å². The molecule has 26 heavy (non-hydrogen) atoms. The molecular weight excluding hydrogens is 375 g/mol. The standard InChI is InChI=1S/C18H21FN2O3S2/c1-25-12-11-17(21-26(23,24)16-5-3-2-4-6-16)18(22)20-13-14-7-9-15(19)10-8-14/h2-10,17,21H,11-13H2,1H3,(H,20,22). The summed E-state index contributed by atoms with van der Waals surface area (Å²) in [5.74, 6) is -0.136. The van der Waals surface area contributed by atoms with Crippen molar-refractivity contribution in [1.82, 2.24) is 10.0 Å². The van der Waals surface area contributed by atoms with E-state index in [1.807, 2.05) is 6.26 Å². The third-order valence-corrected chi connectivity index (χ3v) is 5.79. The molecule has 0 aromatic heterocycles. The normalized spacial score (nSPS) is 12.5. The van der Waals surface area contributed by atoms with Crippen molar-refractivity contribution in [2.24, 2.45) is 0 Å². The van der Waals surface area contributed by atoms with Crippen LogP contribution >= 0.6 is 11.8 Å². The van der Waals surface area contributed by atoms with Gasteiger partial charge in [-0.1, -0.05) is 30.3 Å². The smallest absolute Gasteiger partial charge is 0.241 e. The summed E-state index contributed by atoms with van der Waals surface area (Å²) in [6, 6.07) is 12.8. The SMILES string of the molecule is CSCCC(NS(=O)(=O)c1ccccc1)C(=O)NCc1ccc(F)cc1. The highest BCUT2D eigenvalue weighted by Crippen LogP contribution is 2.11. The maximum Gasteiger partial charge on any atom is 0.241 e. The van der Waals surface area contributed by atoms with Crippen molar-refractivity contribution in [1.29, 1.82) is 0 Å². The average Bonchev–Trinajstić information content (AvgIpc) is 2.65. The molecule has 2 N–H and O–H groups in total. The van der Waals surface area contributed by atoms with E-state index < -0.39 is 22.0 Å². The fourth-order valence-electron chi connectivity index (χ4n) is 2.25. The Hall–Kier alpha value is -1.90. The molecule has 0 aliphatic heterocycles. The first-order valence-electron chi connectivity index (χ1n) is 8.01. The molecule has 1 atom stereocenters. The molecule has 0 saturated heterocycles. The minimum atomic E-state index is -3.79. The molecule has 0 fully saturated rings. The summed E-state index contributed by atoms with van der Waals surface area (Å²) in [5, 5.41) is 2.70. The predicted octanol–water partition coefficient (Wildman–Crippen LogP) is 2.54. The molecule has 140 valence electrons. The average molecular weight is 397 g/mol. The third kappa shape index (κ3) is 6.12. The summed E-state index contributed by atoms with van der Waals surface area (Å²) in [6.07, 6.45) is 2.25. The van der Waals surface area contributed by atoms with Gasteiger partial charge in [-0.2, -0.15) is 16.5 Å². The van der Waals surface area contributed by atoms with Crippen molar-refractivity contribution >= 4 is 27.7 Å². The number of carbonyl (C=O) groups is 1. The van der Waals surface area contributed by atoms with Gasteiger partial charge in [0.05, 0.1) is 4.90 Å². The van der Waals surface area contributed by atoms with Gasteiger partial charge in [0.15, 0.2) is 0 Å². The molecule has 0 heterocycles. The second-order valence-electron chi connectivity index (χ2n) is 5.61. The zero-order chi connectivity index (χ0) is 19.0. The number of rotatable bonds is 9. The van der Waals surface area contributed by atoms with Crippen LogP contribution in [0.2, 0.25) is 0 Å². The van der Waals surface area contributed by atoms with E-state index in [0.29, 0.717) is 12.2 Å². The van der Waals surface area contributed by atoms with E-state index in [0.717, 1.165) is 5.56 Å². The summed E-state index contributed by atoms with van der Waals surface area (Å²) in [5.41, 5.74) is 0.731. The minimum Gasteiger partial charge on any atom is -0.351 e. The lowest BCUT2D eigenvalue weighted by molar-refractivity contribution is -0.122. The highest BCUT2D eigenvalue weighted by atomic mass is 32.2. The summed E-state index contributed by atoms with van der Waals surface area (Å²) in [4.78, 5) is 12.6. The molecule has 5 nitrogen and oxygen atoms in total. The van der Waals surface area contributed by atoms with Crippen molar-refractivity contribution in [3.8, 4) is 0 Å². The van der Waals surface area contributed by atoms with E-state index in [2.05, 4.69) is 10.0 Å². The zero-order valence-corrected chi connectivity index (χ0v) is 15.9. The van der Waals surface area contributed by atoms with Crippen LogP contribution in [0.15, 0.2) is 59.5 Å². The van der Waals surface area contributed by atoms with Gasteiger partial charge >= 0.3 is 0 Å². The van der Waals surface area contributed by atoms with Crippen LogP contribution in [0.5, 0.6) is 0 Å². The first-order valence-corrected chi connectivity index (χ1v) is 10.9. The lowest BCUT2D eigenvalue weighted by atomic mass is 10.2. The summed E-state index contributed by atoms with van der Waals surface area (Å²) < 4.78 is 40.4. The van der Waals surface area contributed by atoms with Gasteiger partial charge in [0.25, 0.3) is 0 Å². The van der Waals surface area contributed by atoms with Crippen LogP contribution < -0.4 is 10.0 Å². The lowest BCUT2D eigenvalue weighted by Gasteiger charge is -2.18. The number of halogens is 1. The van der Waals surface area contributed by atoms with Gasteiger partial charge in [0.1, 0.15) is 11.9 Å². The Morgan fingerprint density at radius 1 is 1.12 bits per heavy atom. The van der Waals surface area contributed by atoms with E-state index in [4.69, 9.17) is 0 Å². The van der Waals surface area contributed by atoms with Gasteiger partial charge in [-0.05, 0) is 48.3 Å². The first-order chi connectivity index (χ1) is 12.4. The molecule has 2 aromatic rings. The maximum absolute atomic E-state index is 12.9. The zero-order valence-electron chi connectivity index (χ0n) is 14.3. The molecule has 0 spiro atoms. The number of sulfonamides is 1. The van der Waals surface area contributed by atoms with E-state index in [9.17, 15) is 17.6 Å². The number of benzene rings is 2. The van der Waals surface area contributed by atoms with E-state index in [1.54, 1.807) is 30.3 Å². The fourth-order valence-corrected chi connectivity index (χ4v) is 3.97. The van der Waals surface area contributed by atoms with Crippen molar-refractivity contribution < 1.29 is 17.6 Å². The topological polar surface area (TPSA) is 75.3 Å². The molecule has 0 radical (unpaired) electrons. The van der Waals surface area contributed by atoms with Crippen LogP contribution in [0.1, 0.15) is 12.0 Å². The van der Waals surface area contributed by atoms with Gasteiger partial charge in [0, 0.05) is 6.54 Å². The van der Waals surface area contributed by atoms with E-state index in [-0.39, 0.29) is 17.3 Å². The highest BCUT2D eigenvalue weighted by molar-refractivity contribution is 7.98. The third-order valence-electron chi connectivity index (χ3n) is 3.66. The Balaban J connectivity index is 2.05. The number of carbonyl (C=O) groups excluding carboxylic acids is 1. The molecule has 1 unspecified atom stereocenters. The van der Waals surface area contributed by atoms with E-state index >= 15 is 0 Å². The molecule has 0 aliphatic carbocycles.